The molecule has 0 saturated carbocycles. The molecule has 1 atom stereocenters. The van der Waals surface area contributed by atoms with Gasteiger partial charge in [-0.05, 0) is 24.3 Å². The third-order valence-corrected chi connectivity index (χ3v) is 3.88. The second-order valence-corrected chi connectivity index (χ2v) is 5.26. The lowest BCUT2D eigenvalue weighted by Crippen LogP contribution is -2.46. The zero-order valence-corrected chi connectivity index (χ0v) is 11.7. The summed E-state index contributed by atoms with van der Waals surface area (Å²) in [6.07, 6.45) is 1.56. The molecule has 1 aliphatic rings. The molecular weight excluding hydrogens is 254 g/mol. The van der Waals surface area contributed by atoms with Crippen molar-refractivity contribution in [1.82, 2.24) is 4.90 Å². The van der Waals surface area contributed by atoms with Crippen molar-refractivity contribution in [2.45, 2.75) is 25.5 Å². The van der Waals surface area contributed by atoms with E-state index < -0.39 is 0 Å². The molecule has 5 heteroatoms. The highest BCUT2D eigenvalue weighted by molar-refractivity contribution is 5.67. The molecule has 1 unspecified atom stereocenters. The Morgan fingerprint density at radius 3 is 2.55 bits per heavy atom. The zero-order chi connectivity index (χ0) is 14.4. The van der Waals surface area contributed by atoms with Crippen LogP contribution in [0.2, 0.25) is 0 Å². The number of piperidine rings is 1. The van der Waals surface area contributed by atoms with Gasteiger partial charge in [-0.25, -0.2) is 4.79 Å². The Morgan fingerprint density at radius 2 is 1.95 bits per heavy atom. The van der Waals surface area contributed by atoms with Crippen LogP contribution >= 0.6 is 0 Å². The molecule has 2 rings (SSSR count). The molecule has 1 aromatic carbocycles. The number of benzene rings is 1. The Labute approximate surface area is 119 Å². The highest BCUT2D eigenvalue weighted by Crippen LogP contribution is 2.20. The van der Waals surface area contributed by atoms with Gasteiger partial charge in [0.2, 0.25) is 0 Å². The highest BCUT2D eigenvalue weighted by Gasteiger charge is 2.26. The van der Waals surface area contributed by atoms with Crippen molar-refractivity contribution in [3.8, 4) is 0 Å². The average Bonchev–Trinajstić information content (AvgIpc) is 2.53. The van der Waals surface area contributed by atoms with Crippen molar-refractivity contribution in [2.75, 3.05) is 19.6 Å². The van der Waals surface area contributed by atoms with Crippen LogP contribution in [0.4, 0.5) is 4.79 Å². The van der Waals surface area contributed by atoms with Gasteiger partial charge < -0.3 is 21.1 Å². The first kappa shape index (κ1) is 14.8. The Bertz CT molecular complexity index is 416. The van der Waals surface area contributed by atoms with Crippen LogP contribution < -0.4 is 11.5 Å². The molecule has 1 fully saturated rings. The van der Waals surface area contributed by atoms with Gasteiger partial charge in [0.05, 0.1) is 0 Å². The Kier molecular flexibility index (Phi) is 5.38. The van der Waals surface area contributed by atoms with Crippen molar-refractivity contribution in [2.24, 2.45) is 17.4 Å². The Hall–Kier alpha value is -1.59. The van der Waals surface area contributed by atoms with Gasteiger partial charge in [0.15, 0.2) is 0 Å². The summed E-state index contributed by atoms with van der Waals surface area (Å²) in [5, 5.41) is 0. The molecule has 0 aliphatic carbocycles. The van der Waals surface area contributed by atoms with E-state index in [1.54, 1.807) is 4.90 Å². The number of ether oxygens (including phenoxy) is 1. The number of amides is 1. The fourth-order valence-electron chi connectivity index (χ4n) is 2.51. The molecule has 4 N–H and O–H groups in total. The minimum absolute atomic E-state index is 0.0393. The maximum absolute atomic E-state index is 12.0. The molecular formula is C15H23N3O2. The number of hydrogen-bond donors (Lipinski definition) is 2. The maximum Gasteiger partial charge on any atom is 0.410 e. The van der Waals surface area contributed by atoms with Crippen molar-refractivity contribution in [3.63, 3.8) is 0 Å². The number of rotatable bonds is 4. The standard InChI is InChI=1S/C15H23N3O2/c16-10-14(17)13-6-8-18(9-7-13)15(19)20-11-12-4-2-1-3-5-12/h1-5,13-14H,6-11,16-17H2. The molecule has 1 aliphatic heterocycles. The fraction of sp³-hybridized carbons (Fsp3) is 0.533. The molecule has 110 valence electrons. The number of hydrogen-bond acceptors (Lipinski definition) is 4. The fourth-order valence-corrected chi connectivity index (χ4v) is 2.51. The minimum Gasteiger partial charge on any atom is -0.445 e. The van der Waals surface area contributed by atoms with Gasteiger partial charge in [-0.15, -0.1) is 0 Å². The molecule has 0 bridgehead atoms. The maximum atomic E-state index is 12.0. The lowest BCUT2D eigenvalue weighted by molar-refractivity contribution is 0.0800. The summed E-state index contributed by atoms with van der Waals surface area (Å²) in [7, 11) is 0. The van der Waals surface area contributed by atoms with E-state index in [2.05, 4.69) is 0 Å². The van der Waals surface area contributed by atoms with Crippen LogP contribution in [0.5, 0.6) is 0 Å². The second-order valence-electron chi connectivity index (χ2n) is 5.26. The Balaban J connectivity index is 1.75. The first-order chi connectivity index (χ1) is 9.70. The van der Waals surface area contributed by atoms with Gasteiger partial charge in [0.25, 0.3) is 0 Å². The summed E-state index contributed by atoms with van der Waals surface area (Å²) in [5.74, 6) is 0.415. The summed E-state index contributed by atoms with van der Waals surface area (Å²) in [6, 6.07) is 9.74. The predicted molar refractivity (Wildman–Crippen MR) is 78.0 cm³/mol. The number of carbonyl (C=O) groups excluding carboxylic acids is 1. The third-order valence-electron chi connectivity index (χ3n) is 3.88. The van der Waals surface area contributed by atoms with Crippen LogP contribution in [0.15, 0.2) is 30.3 Å². The lowest BCUT2D eigenvalue weighted by atomic mass is 9.90. The first-order valence-electron chi connectivity index (χ1n) is 7.12. The van der Waals surface area contributed by atoms with E-state index in [4.69, 9.17) is 16.2 Å². The van der Waals surface area contributed by atoms with Crippen molar-refractivity contribution in [1.29, 1.82) is 0 Å². The number of carbonyl (C=O) groups is 1. The molecule has 1 amide bonds. The zero-order valence-electron chi connectivity index (χ0n) is 11.7. The lowest BCUT2D eigenvalue weighted by Gasteiger charge is -2.33. The number of likely N-dealkylation sites (tertiary alicyclic amines) is 1. The van der Waals surface area contributed by atoms with Crippen LogP contribution in [-0.4, -0.2) is 36.7 Å². The number of nitrogens with zero attached hydrogens (tertiary/aromatic N) is 1. The normalized spacial score (nSPS) is 17.8. The topological polar surface area (TPSA) is 81.6 Å². The third kappa shape index (κ3) is 3.95. The SMILES string of the molecule is NCC(N)C1CCN(C(=O)OCc2ccccc2)CC1. The molecule has 0 radical (unpaired) electrons. The molecule has 0 spiro atoms. The summed E-state index contributed by atoms with van der Waals surface area (Å²) in [5.41, 5.74) is 12.5. The van der Waals surface area contributed by atoms with Gasteiger partial charge in [-0.1, -0.05) is 30.3 Å². The smallest absolute Gasteiger partial charge is 0.410 e. The quantitative estimate of drug-likeness (QED) is 0.869. The van der Waals surface area contributed by atoms with E-state index in [9.17, 15) is 4.79 Å². The summed E-state index contributed by atoms with van der Waals surface area (Å²) >= 11 is 0. The van der Waals surface area contributed by atoms with Crippen LogP contribution in [0.3, 0.4) is 0 Å². The first-order valence-corrected chi connectivity index (χ1v) is 7.12. The minimum atomic E-state index is -0.242. The molecule has 1 saturated heterocycles. The van der Waals surface area contributed by atoms with E-state index >= 15 is 0 Å². The van der Waals surface area contributed by atoms with Crippen molar-refractivity contribution >= 4 is 6.09 Å². The molecule has 5 nitrogen and oxygen atoms in total. The van der Waals surface area contributed by atoms with Gasteiger partial charge in [0, 0.05) is 25.7 Å². The van der Waals surface area contributed by atoms with Crippen LogP contribution in [0.1, 0.15) is 18.4 Å². The van der Waals surface area contributed by atoms with E-state index in [1.165, 1.54) is 0 Å². The van der Waals surface area contributed by atoms with E-state index in [0.717, 1.165) is 18.4 Å². The second kappa shape index (κ2) is 7.26. The van der Waals surface area contributed by atoms with Crippen molar-refractivity contribution < 1.29 is 9.53 Å². The number of nitrogens with two attached hydrogens (primary N) is 2. The van der Waals surface area contributed by atoms with Crippen LogP contribution in [0, 0.1) is 5.92 Å². The molecule has 1 heterocycles. The summed E-state index contributed by atoms with van der Waals surface area (Å²) < 4.78 is 5.32. The summed E-state index contributed by atoms with van der Waals surface area (Å²) in [4.78, 5) is 13.7. The molecule has 1 aromatic rings. The average molecular weight is 277 g/mol. The van der Waals surface area contributed by atoms with E-state index in [1.807, 2.05) is 30.3 Å². The molecule has 0 aromatic heterocycles. The molecule has 20 heavy (non-hydrogen) atoms. The summed E-state index contributed by atoms with van der Waals surface area (Å²) in [6.45, 7) is 2.23. The van der Waals surface area contributed by atoms with Gasteiger partial charge in [0.1, 0.15) is 6.61 Å². The van der Waals surface area contributed by atoms with Gasteiger partial charge in [-0.3, -0.25) is 0 Å². The van der Waals surface area contributed by atoms with Crippen LogP contribution in [0.25, 0.3) is 0 Å². The monoisotopic (exact) mass is 277 g/mol. The van der Waals surface area contributed by atoms with Gasteiger partial charge in [-0.2, -0.15) is 0 Å². The van der Waals surface area contributed by atoms with Crippen LogP contribution in [-0.2, 0) is 11.3 Å². The largest absolute Gasteiger partial charge is 0.445 e. The Morgan fingerprint density at radius 1 is 1.30 bits per heavy atom. The van der Waals surface area contributed by atoms with Crippen molar-refractivity contribution in [3.05, 3.63) is 35.9 Å². The van der Waals surface area contributed by atoms with E-state index in [0.29, 0.717) is 32.2 Å². The highest BCUT2D eigenvalue weighted by atomic mass is 16.6. The predicted octanol–water partition coefficient (Wildman–Crippen LogP) is 1.32. The van der Waals surface area contributed by atoms with E-state index in [-0.39, 0.29) is 12.1 Å². The van der Waals surface area contributed by atoms with Gasteiger partial charge >= 0.3 is 6.09 Å².